The molecule has 1 aromatic carbocycles. The predicted molar refractivity (Wildman–Crippen MR) is 86.0 cm³/mol. The first-order valence-corrected chi connectivity index (χ1v) is 7.81. The molecule has 1 amide bonds. The van der Waals surface area contributed by atoms with Crippen LogP contribution in [0.5, 0.6) is 0 Å². The summed E-state index contributed by atoms with van der Waals surface area (Å²) in [6.45, 7) is 5.71. The molecule has 0 aliphatic carbocycles. The lowest BCUT2D eigenvalue weighted by Gasteiger charge is -2.27. The number of fused-ring (bicyclic) bond motifs is 1. The van der Waals surface area contributed by atoms with Crippen molar-refractivity contribution in [1.82, 2.24) is 9.88 Å². The Balaban J connectivity index is 2.06. The fourth-order valence-electron chi connectivity index (χ4n) is 3.05. The number of nitrogens with zero attached hydrogens (tertiary/aromatic N) is 2. The number of hydrogen-bond acceptors (Lipinski definition) is 2. The summed E-state index contributed by atoms with van der Waals surface area (Å²) >= 11 is 6.27. The second-order valence-electron chi connectivity index (χ2n) is 5.83. The minimum Gasteiger partial charge on any atom is -0.339 e. The molecule has 0 radical (unpaired) electrons. The largest absolute Gasteiger partial charge is 0.339 e. The third-order valence-corrected chi connectivity index (χ3v) is 4.37. The summed E-state index contributed by atoms with van der Waals surface area (Å²) in [6.07, 6.45) is 3.34. The van der Waals surface area contributed by atoms with Crippen molar-refractivity contribution in [3.8, 4) is 0 Å². The average Bonchev–Trinajstić information content (AvgIpc) is 2.48. The van der Waals surface area contributed by atoms with Gasteiger partial charge in [0.2, 0.25) is 0 Å². The van der Waals surface area contributed by atoms with E-state index in [1.165, 1.54) is 12.0 Å². The lowest BCUT2D eigenvalue weighted by molar-refractivity contribution is 0.0724. The van der Waals surface area contributed by atoms with Crippen molar-refractivity contribution in [2.24, 2.45) is 0 Å². The molecule has 1 aliphatic rings. The molecule has 2 heterocycles. The van der Waals surface area contributed by atoms with Gasteiger partial charge in [0, 0.05) is 18.5 Å². The van der Waals surface area contributed by atoms with Crippen LogP contribution in [-0.2, 0) is 0 Å². The van der Waals surface area contributed by atoms with Crippen molar-refractivity contribution >= 4 is 28.4 Å². The van der Waals surface area contributed by atoms with Gasteiger partial charge in [0.25, 0.3) is 5.91 Å². The van der Waals surface area contributed by atoms with Gasteiger partial charge in [0.05, 0.1) is 11.1 Å². The van der Waals surface area contributed by atoms with E-state index in [0.29, 0.717) is 10.7 Å². The molecule has 110 valence electrons. The molecule has 1 aliphatic heterocycles. The Morgan fingerprint density at radius 2 is 1.86 bits per heavy atom. The van der Waals surface area contributed by atoms with E-state index in [-0.39, 0.29) is 5.91 Å². The molecule has 3 rings (SSSR count). The van der Waals surface area contributed by atoms with E-state index >= 15 is 0 Å². The highest BCUT2D eigenvalue weighted by Crippen LogP contribution is 2.26. The standard InChI is InChI=1S/C17H19ClN2O/c1-11-8-12(2)15-13(9-11)10-14(16(18)19-15)17(21)20-6-4-3-5-7-20/h8-10H,3-7H2,1-2H3. The summed E-state index contributed by atoms with van der Waals surface area (Å²) in [5.74, 6) is 0.00765. The fourth-order valence-corrected chi connectivity index (χ4v) is 3.27. The van der Waals surface area contributed by atoms with Gasteiger partial charge in [-0.15, -0.1) is 0 Å². The summed E-state index contributed by atoms with van der Waals surface area (Å²) in [5.41, 5.74) is 3.65. The van der Waals surface area contributed by atoms with Gasteiger partial charge in [-0.25, -0.2) is 4.98 Å². The number of likely N-dealkylation sites (tertiary alicyclic amines) is 1. The molecular formula is C17H19ClN2O. The van der Waals surface area contributed by atoms with Crippen LogP contribution in [0.3, 0.4) is 0 Å². The fraction of sp³-hybridized carbons (Fsp3) is 0.412. The van der Waals surface area contributed by atoms with Crippen LogP contribution in [0.1, 0.15) is 40.7 Å². The van der Waals surface area contributed by atoms with Gasteiger partial charge < -0.3 is 4.90 Å². The number of benzene rings is 1. The molecule has 1 saturated heterocycles. The van der Waals surface area contributed by atoms with Gasteiger partial charge in [-0.05, 0) is 50.8 Å². The van der Waals surface area contributed by atoms with E-state index in [4.69, 9.17) is 11.6 Å². The Morgan fingerprint density at radius 3 is 2.57 bits per heavy atom. The Hall–Kier alpha value is -1.61. The smallest absolute Gasteiger partial charge is 0.257 e. The van der Waals surface area contributed by atoms with Crippen LogP contribution in [0, 0.1) is 13.8 Å². The molecule has 0 atom stereocenters. The van der Waals surface area contributed by atoms with Crippen molar-refractivity contribution in [3.63, 3.8) is 0 Å². The zero-order valence-corrected chi connectivity index (χ0v) is 13.2. The lowest BCUT2D eigenvalue weighted by Crippen LogP contribution is -2.35. The third-order valence-electron chi connectivity index (χ3n) is 4.08. The number of rotatable bonds is 1. The Bertz CT molecular complexity index is 705. The van der Waals surface area contributed by atoms with Crippen LogP contribution >= 0.6 is 11.6 Å². The maximum absolute atomic E-state index is 12.6. The molecule has 0 spiro atoms. The number of amides is 1. The second-order valence-corrected chi connectivity index (χ2v) is 6.19. The Morgan fingerprint density at radius 1 is 1.14 bits per heavy atom. The molecule has 0 N–H and O–H groups in total. The number of aryl methyl sites for hydroxylation is 2. The highest BCUT2D eigenvalue weighted by Gasteiger charge is 2.21. The zero-order chi connectivity index (χ0) is 15.0. The molecule has 3 nitrogen and oxygen atoms in total. The van der Waals surface area contributed by atoms with Crippen molar-refractivity contribution < 1.29 is 4.79 Å². The molecule has 4 heteroatoms. The normalized spacial score (nSPS) is 15.5. The molecule has 0 bridgehead atoms. The van der Waals surface area contributed by atoms with E-state index in [0.717, 1.165) is 42.4 Å². The first kappa shape index (κ1) is 14.3. The van der Waals surface area contributed by atoms with Crippen molar-refractivity contribution in [1.29, 1.82) is 0 Å². The molecule has 2 aromatic rings. The average molecular weight is 303 g/mol. The van der Waals surface area contributed by atoms with Gasteiger partial charge in [0.15, 0.2) is 0 Å². The number of aromatic nitrogens is 1. The predicted octanol–water partition coefficient (Wildman–Crippen LogP) is 4.13. The van der Waals surface area contributed by atoms with E-state index < -0.39 is 0 Å². The summed E-state index contributed by atoms with van der Waals surface area (Å²) in [7, 11) is 0. The van der Waals surface area contributed by atoms with Crippen LogP contribution in [0.15, 0.2) is 18.2 Å². The number of piperidine rings is 1. The highest BCUT2D eigenvalue weighted by molar-refractivity contribution is 6.33. The first-order valence-electron chi connectivity index (χ1n) is 7.43. The van der Waals surface area contributed by atoms with E-state index in [1.807, 2.05) is 24.8 Å². The monoisotopic (exact) mass is 302 g/mol. The maximum atomic E-state index is 12.6. The van der Waals surface area contributed by atoms with Crippen LogP contribution in [0.4, 0.5) is 0 Å². The number of carbonyl (C=O) groups excluding carboxylic acids is 1. The van der Waals surface area contributed by atoms with Gasteiger partial charge in [-0.1, -0.05) is 23.2 Å². The summed E-state index contributed by atoms with van der Waals surface area (Å²) in [5, 5.41) is 1.29. The summed E-state index contributed by atoms with van der Waals surface area (Å²) in [6, 6.07) is 6.03. The van der Waals surface area contributed by atoms with E-state index in [9.17, 15) is 4.79 Å². The van der Waals surface area contributed by atoms with E-state index in [2.05, 4.69) is 17.1 Å². The second kappa shape index (κ2) is 5.64. The number of carbonyl (C=O) groups is 1. The lowest BCUT2D eigenvalue weighted by atomic mass is 10.0. The van der Waals surface area contributed by atoms with Gasteiger partial charge in [-0.2, -0.15) is 0 Å². The summed E-state index contributed by atoms with van der Waals surface area (Å²) < 4.78 is 0. The minimum atomic E-state index is 0.00765. The van der Waals surface area contributed by atoms with Crippen LogP contribution in [0.25, 0.3) is 10.9 Å². The van der Waals surface area contributed by atoms with Crippen LogP contribution in [0.2, 0.25) is 5.15 Å². The van der Waals surface area contributed by atoms with Crippen LogP contribution in [-0.4, -0.2) is 28.9 Å². The zero-order valence-electron chi connectivity index (χ0n) is 12.4. The van der Waals surface area contributed by atoms with Gasteiger partial charge in [0.1, 0.15) is 5.15 Å². The highest BCUT2D eigenvalue weighted by atomic mass is 35.5. The summed E-state index contributed by atoms with van der Waals surface area (Å²) in [4.78, 5) is 19.0. The minimum absolute atomic E-state index is 0.00765. The van der Waals surface area contributed by atoms with E-state index in [1.54, 1.807) is 0 Å². The van der Waals surface area contributed by atoms with Gasteiger partial charge in [-0.3, -0.25) is 4.79 Å². The number of hydrogen-bond donors (Lipinski definition) is 0. The SMILES string of the molecule is Cc1cc(C)c2nc(Cl)c(C(=O)N3CCCCC3)cc2c1. The Kier molecular flexibility index (Phi) is 3.85. The van der Waals surface area contributed by atoms with Crippen molar-refractivity contribution in [2.75, 3.05) is 13.1 Å². The molecule has 1 aromatic heterocycles. The topological polar surface area (TPSA) is 33.2 Å². The quantitative estimate of drug-likeness (QED) is 0.742. The Labute approximate surface area is 129 Å². The number of pyridine rings is 1. The molecule has 0 unspecified atom stereocenters. The van der Waals surface area contributed by atoms with Gasteiger partial charge >= 0.3 is 0 Å². The molecule has 21 heavy (non-hydrogen) atoms. The molecule has 0 saturated carbocycles. The number of halogens is 1. The maximum Gasteiger partial charge on any atom is 0.257 e. The molecular weight excluding hydrogens is 284 g/mol. The molecule has 1 fully saturated rings. The van der Waals surface area contributed by atoms with Crippen molar-refractivity contribution in [2.45, 2.75) is 33.1 Å². The first-order chi connectivity index (χ1) is 10.1. The van der Waals surface area contributed by atoms with Crippen LogP contribution < -0.4 is 0 Å². The van der Waals surface area contributed by atoms with Crippen molar-refractivity contribution in [3.05, 3.63) is 40.0 Å². The third kappa shape index (κ3) is 2.75.